The summed E-state index contributed by atoms with van der Waals surface area (Å²) in [5.74, 6) is 1.32. The number of carbonyl (C=O) groups excluding carboxylic acids is 1. The van der Waals surface area contributed by atoms with Gasteiger partial charge in [0.15, 0.2) is 17.7 Å². The number of Topliss-reactive ketones (excluding diaryl/α,β-unsaturated/α-hetero) is 1. The molecule has 0 amide bonds. The van der Waals surface area contributed by atoms with Crippen LogP contribution >= 0.6 is 0 Å². The fourth-order valence-corrected chi connectivity index (χ4v) is 2.33. The summed E-state index contributed by atoms with van der Waals surface area (Å²) in [7, 11) is 0. The fourth-order valence-electron chi connectivity index (χ4n) is 2.33. The van der Waals surface area contributed by atoms with Crippen molar-refractivity contribution >= 4 is 5.78 Å². The topological polar surface area (TPSA) is 85.2 Å². The van der Waals surface area contributed by atoms with Crippen molar-refractivity contribution in [1.29, 1.82) is 0 Å². The van der Waals surface area contributed by atoms with Crippen molar-refractivity contribution in [3.05, 3.63) is 66.1 Å². The zero-order valence-corrected chi connectivity index (χ0v) is 14.6. The molecule has 1 aromatic carbocycles. The third-order valence-corrected chi connectivity index (χ3v) is 3.83. The number of carbonyl (C=O) groups is 1. The molecule has 1 N–H and O–H groups in total. The molecule has 0 saturated carbocycles. The van der Waals surface area contributed by atoms with Crippen LogP contribution < -0.4 is 4.74 Å². The second-order valence-electron chi connectivity index (χ2n) is 5.83. The number of aliphatic hydroxyl groups is 1. The number of nitrogens with zero attached hydrogens (tertiary/aromatic N) is 3. The molecule has 2 heterocycles. The summed E-state index contributed by atoms with van der Waals surface area (Å²) in [5, 5.41) is 10.0. The highest BCUT2D eigenvalue weighted by Crippen LogP contribution is 2.24. The van der Waals surface area contributed by atoms with Crippen LogP contribution in [0.1, 0.15) is 30.7 Å². The summed E-state index contributed by atoms with van der Waals surface area (Å²) in [6, 6.07) is 12.5. The highest BCUT2D eigenvalue weighted by molar-refractivity contribution is 5.83. The molecule has 0 aliphatic rings. The Morgan fingerprint density at radius 2 is 1.88 bits per heavy atom. The van der Waals surface area contributed by atoms with E-state index < -0.39 is 6.10 Å². The molecule has 0 bridgehead atoms. The molecule has 0 saturated heterocycles. The third-order valence-electron chi connectivity index (χ3n) is 3.83. The molecule has 132 valence electrons. The van der Waals surface area contributed by atoms with Crippen molar-refractivity contribution in [1.82, 2.24) is 15.0 Å². The number of rotatable bonds is 6. The van der Waals surface area contributed by atoms with Crippen molar-refractivity contribution in [3.8, 4) is 23.0 Å². The van der Waals surface area contributed by atoms with Crippen molar-refractivity contribution < 1.29 is 14.6 Å². The minimum absolute atomic E-state index is 0.250. The SMILES string of the molecule is CCC(=O)[C@H](O)c1ccnc(-c2ccc(Oc3ccc(C)cn3)cc2)n1. The van der Waals surface area contributed by atoms with Crippen molar-refractivity contribution in [2.24, 2.45) is 0 Å². The van der Waals surface area contributed by atoms with Crippen LogP contribution in [0.4, 0.5) is 0 Å². The molecule has 3 rings (SSSR count). The zero-order chi connectivity index (χ0) is 18.5. The van der Waals surface area contributed by atoms with Crippen LogP contribution in [0.5, 0.6) is 11.6 Å². The molecule has 0 spiro atoms. The highest BCUT2D eigenvalue weighted by Gasteiger charge is 2.17. The predicted molar refractivity (Wildman–Crippen MR) is 96.8 cm³/mol. The van der Waals surface area contributed by atoms with E-state index in [-0.39, 0.29) is 12.2 Å². The predicted octanol–water partition coefficient (Wildman–Crippen LogP) is 3.65. The first-order chi connectivity index (χ1) is 12.6. The quantitative estimate of drug-likeness (QED) is 0.731. The summed E-state index contributed by atoms with van der Waals surface area (Å²) in [4.78, 5) is 24.4. The van der Waals surface area contributed by atoms with Gasteiger partial charge in [0, 0.05) is 30.4 Å². The maximum Gasteiger partial charge on any atom is 0.219 e. The highest BCUT2D eigenvalue weighted by atomic mass is 16.5. The van der Waals surface area contributed by atoms with Gasteiger partial charge < -0.3 is 9.84 Å². The number of benzene rings is 1. The van der Waals surface area contributed by atoms with Crippen molar-refractivity contribution in [2.75, 3.05) is 0 Å². The van der Waals surface area contributed by atoms with Gasteiger partial charge in [-0.05, 0) is 42.8 Å². The third kappa shape index (κ3) is 4.10. The smallest absolute Gasteiger partial charge is 0.219 e. The number of ether oxygens (including phenoxy) is 1. The normalized spacial score (nSPS) is 11.8. The fraction of sp³-hybridized carbons (Fsp3) is 0.200. The number of aryl methyl sites for hydroxylation is 1. The number of aromatic nitrogens is 3. The van der Waals surface area contributed by atoms with Gasteiger partial charge in [-0.1, -0.05) is 13.0 Å². The second kappa shape index (κ2) is 7.84. The van der Waals surface area contributed by atoms with Crippen LogP contribution in [0.2, 0.25) is 0 Å². The number of hydrogen-bond donors (Lipinski definition) is 1. The van der Waals surface area contributed by atoms with E-state index in [1.54, 1.807) is 31.3 Å². The summed E-state index contributed by atoms with van der Waals surface area (Å²) < 4.78 is 5.70. The Kier molecular flexibility index (Phi) is 5.34. The lowest BCUT2D eigenvalue weighted by Crippen LogP contribution is -2.12. The first-order valence-corrected chi connectivity index (χ1v) is 8.31. The Morgan fingerprint density at radius 3 is 2.54 bits per heavy atom. The van der Waals surface area contributed by atoms with Gasteiger partial charge in [0.1, 0.15) is 5.75 Å². The van der Waals surface area contributed by atoms with Crippen LogP contribution in [0.3, 0.4) is 0 Å². The molecule has 6 nitrogen and oxygen atoms in total. The lowest BCUT2D eigenvalue weighted by molar-refractivity contribution is -0.127. The first kappa shape index (κ1) is 17.7. The first-order valence-electron chi connectivity index (χ1n) is 8.31. The number of ketones is 1. The van der Waals surface area contributed by atoms with Crippen LogP contribution in [0.15, 0.2) is 54.9 Å². The summed E-state index contributed by atoms with van der Waals surface area (Å²) >= 11 is 0. The lowest BCUT2D eigenvalue weighted by atomic mass is 10.1. The van der Waals surface area contributed by atoms with E-state index in [4.69, 9.17) is 4.74 Å². The minimum atomic E-state index is -1.23. The van der Waals surface area contributed by atoms with Gasteiger partial charge in [-0.3, -0.25) is 4.79 Å². The van der Waals surface area contributed by atoms with E-state index in [9.17, 15) is 9.90 Å². The lowest BCUT2D eigenvalue weighted by Gasteiger charge is -2.09. The molecular formula is C20H19N3O3. The maximum absolute atomic E-state index is 11.7. The van der Waals surface area contributed by atoms with Crippen LogP contribution in [0.25, 0.3) is 11.4 Å². The van der Waals surface area contributed by atoms with Gasteiger partial charge in [-0.15, -0.1) is 0 Å². The minimum Gasteiger partial charge on any atom is -0.439 e. The molecule has 2 aromatic heterocycles. The van der Waals surface area contributed by atoms with E-state index in [1.165, 1.54) is 6.20 Å². The standard InChI is InChI=1S/C20H19N3O3/c1-3-17(24)19(25)16-10-11-21-20(23-16)14-5-7-15(8-6-14)26-18-9-4-13(2)12-22-18/h4-12,19,25H,3H2,1-2H3/t19-/m1/s1. The van der Waals surface area contributed by atoms with Gasteiger partial charge in [0.05, 0.1) is 5.69 Å². The largest absolute Gasteiger partial charge is 0.439 e. The van der Waals surface area contributed by atoms with Gasteiger partial charge in [0.25, 0.3) is 0 Å². The maximum atomic E-state index is 11.7. The van der Waals surface area contributed by atoms with Crippen LogP contribution in [0, 0.1) is 6.92 Å². The van der Waals surface area contributed by atoms with E-state index in [1.807, 2.05) is 31.2 Å². The summed E-state index contributed by atoms with van der Waals surface area (Å²) in [6.45, 7) is 3.67. The Hall–Kier alpha value is -3.12. The Balaban J connectivity index is 1.78. The van der Waals surface area contributed by atoms with Crippen LogP contribution in [-0.2, 0) is 4.79 Å². The van der Waals surface area contributed by atoms with E-state index in [2.05, 4.69) is 15.0 Å². The Labute approximate surface area is 151 Å². The number of aliphatic hydroxyl groups excluding tert-OH is 1. The molecular weight excluding hydrogens is 330 g/mol. The van der Waals surface area contributed by atoms with Gasteiger partial charge in [-0.25, -0.2) is 15.0 Å². The van der Waals surface area contributed by atoms with Crippen LogP contribution in [-0.4, -0.2) is 25.8 Å². The van der Waals surface area contributed by atoms with E-state index in [0.717, 1.165) is 11.1 Å². The molecule has 0 radical (unpaired) electrons. The molecule has 0 unspecified atom stereocenters. The monoisotopic (exact) mass is 349 g/mol. The molecule has 0 aliphatic carbocycles. The van der Waals surface area contributed by atoms with E-state index >= 15 is 0 Å². The second-order valence-corrected chi connectivity index (χ2v) is 5.83. The molecule has 1 atom stereocenters. The molecule has 0 aliphatic heterocycles. The van der Waals surface area contributed by atoms with Gasteiger partial charge in [-0.2, -0.15) is 0 Å². The molecule has 26 heavy (non-hydrogen) atoms. The van der Waals surface area contributed by atoms with E-state index in [0.29, 0.717) is 23.1 Å². The van der Waals surface area contributed by atoms with Crippen molar-refractivity contribution in [2.45, 2.75) is 26.4 Å². The van der Waals surface area contributed by atoms with Crippen molar-refractivity contribution in [3.63, 3.8) is 0 Å². The Morgan fingerprint density at radius 1 is 1.12 bits per heavy atom. The molecule has 0 fully saturated rings. The molecule has 6 heteroatoms. The molecule has 3 aromatic rings. The average molecular weight is 349 g/mol. The number of pyridine rings is 1. The summed E-state index contributed by atoms with van der Waals surface area (Å²) in [5.41, 5.74) is 2.12. The van der Waals surface area contributed by atoms with Gasteiger partial charge in [0.2, 0.25) is 5.88 Å². The average Bonchev–Trinajstić information content (AvgIpc) is 2.69. The number of hydrogen-bond acceptors (Lipinski definition) is 6. The zero-order valence-electron chi connectivity index (χ0n) is 14.6. The summed E-state index contributed by atoms with van der Waals surface area (Å²) in [6.07, 6.45) is 2.30. The Bertz CT molecular complexity index is 893. The van der Waals surface area contributed by atoms with Gasteiger partial charge >= 0.3 is 0 Å².